The second kappa shape index (κ2) is 9.43. The molecule has 0 spiro atoms. The van der Waals surface area contributed by atoms with Crippen LogP contribution in [0, 0.1) is 0 Å². The minimum Gasteiger partial charge on any atom is -0.309 e. The van der Waals surface area contributed by atoms with Gasteiger partial charge in [-0.05, 0) is 93.0 Å². The molecular weight excluding hydrogens is 605 g/mol. The third kappa shape index (κ3) is 3.43. The topological polar surface area (TPSA) is 9.86 Å². The first-order valence-electron chi connectivity index (χ1n) is 17.8. The third-order valence-corrected chi connectivity index (χ3v) is 12.1. The summed E-state index contributed by atoms with van der Waals surface area (Å²) in [5, 5.41) is 5.09. The molecule has 0 fully saturated rings. The van der Waals surface area contributed by atoms with Gasteiger partial charge in [0.1, 0.15) is 0 Å². The Morgan fingerprint density at radius 1 is 0.320 bits per heavy atom. The van der Waals surface area contributed by atoms with Crippen LogP contribution in [-0.4, -0.2) is 9.13 Å². The molecule has 2 heterocycles. The number of rotatable bonds is 2. The van der Waals surface area contributed by atoms with E-state index >= 15 is 0 Å². The summed E-state index contributed by atoms with van der Waals surface area (Å²) in [5.41, 5.74) is 18.2. The van der Waals surface area contributed by atoms with Gasteiger partial charge in [0, 0.05) is 43.7 Å². The fourth-order valence-corrected chi connectivity index (χ4v) is 9.65. The number of hydrogen-bond donors (Lipinski definition) is 0. The molecule has 7 aromatic carbocycles. The maximum absolute atomic E-state index is 2.49. The van der Waals surface area contributed by atoms with Crippen molar-refractivity contribution in [2.45, 2.75) is 38.5 Å². The fourth-order valence-electron chi connectivity index (χ4n) is 9.65. The zero-order chi connectivity index (χ0) is 33.5. The average molecular weight is 641 g/mol. The Morgan fingerprint density at radius 3 is 1.16 bits per heavy atom. The highest BCUT2D eigenvalue weighted by Crippen LogP contribution is 2.51. The van der Waals surface area contributed by atoms with Crippen LogP contribution in [0.2, 0.25) is 0 Å². The van der Waals surface area contributed by atoms with Gasteiger partial charge >= 0.3 is 0 Å². The molecule has 2 heteroatoms. The molecule has 0 bridgehead atoms. The van der Waals surface area contributed by atoms with E-state index in [1.807, 2.05) is 0 Å². The maximum Gasteiger partial charge on any atom is 0.0548 e. The summed E-state index contributed by atoms with van der Waals surface area (Å²) >= 11 is 0. The predicted octanol–water partition coefficient (Wildman–Crippen LogP) is 12.5. The minimum atomic E-state index is -0.0623. The molecule has 0 amide bonds. The van der Waals surface area contributed by atoms with Crippen molar-refractivity contribution in [3.63, 3.8) is 0 Å². The molecule has 238 valence electrons. The molecule has 0 saturated carbocycles. The van der Waals surface area contributed by atoms with Crippen LogP contribution < -0.4 is 0 Å². The number of nitrogens with zero attached hydrogens (tertiary/aromatic N) is 2. The van der Waals surface area contributed by atoms with Crippen LogP contribution >= 0.6 is 0 Å². The van der Waals surface area contributed by atoms with Crippen molar-refractivity contribution in [2.24, 2.45) is 0 Å². The molecule has 0 N–H and O–H groups in total. The molecule has 0 aliphatic heterocycles. The number of hydrogen-bond acceptors (Lipinski definition) is 0. The van der Waals surface area contributed by atoms with E-state index in [4.69, 9.17) is 0 Å². The summed E-state index contributed by atoms with van der Waals surface area (Å²) < 4.78 is 4.98. The quantitative estimate of drug-likeness (QED) is 0.178. The predicted molar refractivity (Wildman–Crippen MR) is 210 cm³/mol. The molecule has 0 atom stereocenters. The van der Waals surface area contributed by atoms with Crippen molar-refractivity contribution < 1.29 is 0 Å². The van der Waals surface area contributed by atoms with E-state index in [1.165, 1.54) is 99.5 Å². The minimum absolute atomic E-state index is 0.0623. The lowest BCUT2D eigenvalue weighted by Gasteiger charge is -2.22. The first kappa shape index (κ1) is 28.0. The number of aromatic nitrogens is 2. The average Bonchev–Trinajstić information content (AvgIpc) is 3.79. The normalized spacial score (nSPS) is 15.1. The van der Waals surface area contributed by atoms with Crippen LogP contribution in [-0.2, 0) is 10.8 Å². The highest BCUT2D eigenvalue weighted by atomic mass is 15.0. The second-order valence-corrected chi connectivity index (χ2v) is 15.4. The molecule has 0 radical (unpaired) electrons. The van der Waals surface area contributed by atoms with E-state index in [0.717, 1.165) is 0 Å². The zero-order valence-electron chi connectivity index (χ0n) is 28.8. The van der Waals surface area contributed by atoms with Gasteiger partial charge in [0.15, 0.2) is 0 Å². The molecule has 2 aliphatic rings. The third-order valence-electron chi connectivity index (χ3n) is 12.1. The first-order valence-corrected chi connectivity index (χ1v) is 17.8. The van der Waals surface area contributed by atoms with Gasteiger partial charge in [-0.15, -0.1) is 0 Å². The summed E-state index contributed by atoms with van der Waals surface area (Å²) in [4.78, 5) is 0. The lowest BCUT2D eigenvalue weighted by Crippen LogP contribution is -2.15. The van der Waals surface area contributed by atoms with E-state index in [9.17, 15) is 0 Å². The summed E-state index contributed by atoms with van der Waals surface area (Å²) in [5.74, 6) is 0. The van der Waals surface area contributed by atoms with Crippen LogP contribution in [0.25, 0.3) is 77.2 Å². The summed E-state index contributed by atoms with van der Waals surface area (Å²) in [6.07, 6.45) is 0. The van der Waals surface area contributed by atoms with Crippen molar-refractivity contribution in [2.75, 3.05) is 0 Å². The molecule has 0 unspecified atom stereocenters. The second-order valence-electron chi connectivity index (χ2n) is 15.4. The lowest BCUT2D eigenvalue weighted by molar-refractivity contribution is 0.660. The summed E-state index contributed by atoms with van der Waals surface area (Å²) in [6, 6.07) is 54.7. The summed E-state index contributed by atoms with van der Waals surface area (Å²) in [6.45, 7) is 9.46. The number of fused-ring (bicyclic) bond motifs is 12. The van der Waals surface area contributed by atoms with Crippen molar-refractivity contribution in [3.05, 3.63) is 168 Å². The van der Waals surface area contributed by atoms with Gasteiger partial charge < -0.3 is 9.13 Å². The van der Waals surface area contributed by atoms with E-state index in [2.05, 4.69) is 182 Å². The van der Waals surface area contributed by atoms with E-state index in [1.54, 1.807) is 0 Å². The van der Waals surface area contributed by atoms with Gasteiger partial charge in [-0.3, -0.25) is 0 Å². The van der Waals surface area contributed by atoms with Crippen molar-refractivity contribution in [3.8, 4) is 33.6 Å². The molecule has 2 aromatic heterocycles. The van der Waals surface area contributed by atoms with E-state index in [0.29, 0.717) is 0 Å². The van der Waals surface area contributed by atoms with Gasteiger partial charge in [-0.25, -0.2) is 0 Å². The maximum atomic E-state index is 2.49. The Hall–Kier alpha value is -5.86. The van der Waals surface area contributed by atoms with Crippen LogP contribution in [0.3, 0.4) is 0 Å². The molecule has 2 aliphatic carbocycles. The Balaban J connectivity index is 1.18. The highest BCUT2D eigenvalue weighted by Gasteiger charge is 2.37. The SMILES string of the molecule is CC1(C)c2ccccc2-c2ccc(-n3c4ccccc4c4cc5c(cc43)c3ccccc3n5-c3ccc4c(c3)C(C)(C)c3ccccc3-4)cc21. The summed E-state index contributed by atoms with van der Waals surface area (Å²) in [7, 11) is 0. The van der Waals surface area contributed by atoms with E-state index in [-0.39, 0.29) is 10.8 Å². The first-order chi connectivity index (χ1) is 24.3. The Kier molecular flexibility index (Phi) is 5.28. The molecule has 2 nitrogen and oxygen atoms in total. The zero-order valence-corrected chi connectivity index (χ0v) is 28.8. The van der Waals surface area contributed by atoms with Gasteiger partial charge in [-0.2, -0.15) is 0 Å². The van der Waals surface area contributed by atoms with Crippen molar-refractivity contribution in [1.82, 2.24) is 9.13 Å². The largest absolute Gasteiger partial charge is 0.309 e. The molecular formula is C48H36N2. The van der Waals surface area contributed by atoms with Crippen molar-refractivity contribution in [1.29, 1.82) is 0 Å². The van der Waals surface area contributed by atoms with Crippen LogP contribution in [0.15, 0.2) is 146 Å². The molecule has 50 heavy (non-hydrogen) atoms. The van der Waals surface area contributed by atoms with Gasteiger partial charge in [0.05, 0.1) is 22.1 Å². The number of para-hydroxylation sites is 2. The molecule has 9 aromatic rings. The van der Waals surface area contributed by atoms with Gasteiger partial charge in [0.25, 0.3) is 0 Å². The Bertz CT molecular complexity index is 2730. The Labute approximate surface area is 291 Å². The standard InChI is InChI=1S/C48H36N2/c1-47(2)39-17-9-5-13-31(39)33-23-21-29(25-41(33)47)49-43-19-11-7-15-35(43)37-28-46-38(27-45(37)49)36-16-8-12-20-44(36)50(46)30-22-24-34-32-14-6-10-18-40(32)48(3,4)42(34)26-30/h5-28H,1-4H3. The smallest absolute Gasteiger partial charge is 0.0548 e. The monoisotopic (exact) mass is 640 g/mol. The van der Waals surface area contributed by atoms with E-state index < -0.39 is 0 Å². The van der Waals surface area contributed by atoms with Gasteiger partial charge in [-0.1, -0.05) is 125 Å². The Morgan fingerprint density at radius 2 is 0.700 bits per heavy atom. The van der Waals surface area contributed by atoms with Crippen LogP contribution in [0.4, 0.5) is 0 Å². The van der Waals surface area contributed by atoms with Crippen LogP contribution in [0.1, 0.15) is 49.9 Å². The van der Waals surface area contributed by atoms with Crippen LogP contribution in [0.5, 0.6) is 0 Å². The van der Waals surface area contributed by atoms with Gasteiger partial charge in [0.2, 0.25) is 0 Å². The lowest BCUT2D eigenvalue weighted by atomic mass is 9.82. The number of benzene rings is 7. The fraction of sp³-hybridized carbons (Fsp3) is 0.125. The molecule has 0 saturated heterocycles. The molecule has 11 rings (SSSR count). The highest BCUT2D eigenvalue weighted by molar-refractivity contribution is 6.19. The van der Waals surface area contributed by atoms with Crippen molar-refractivity contribution >= 4 is 43.6 Å².